The van der Waals surface area contributed by atoms with Gasteiger partial charge >= 0.3 is 10.2 Å². The molecule has 1 atom stereocenters. The van der Waals surface area contributed by atoms with Gasteiger partial charge in [0.2, 0.25) is 0 Å². The van der Waals surface area contributed by atoms with Crippen molar-refractivity contribution >= 4 is 21.7 Å². The molecular formula is C19H20F3N3O3S. The Hall–Kier alpha value is -2.33. The van der Waals surface area contributed by atoms with Crippen molar-refractivity contribution in [3.63, 3.8) is 0 Å². The molecule has 0 amide bonds. The fourth-order valence-corrected chi connectivity index (χ4v) is 4.47. The molecule has 1 saturated carbocycles. The number of anilines is 2. The van der Waals surface area contributed by atoms with E-state index in [4.69, 9.17) is 0 Å². The molecule has 6 nitrogen and oxygen atoms in total. The van der Waals surface area contributed by atoms with Crippen molar-refractivity contribution in [2.75, 3.05) is 16.1 Å². The molecule has 1 aromatic carbocycles. The lowest BCUT2D eigenvalue weighted by Gasteiger charge is -2.20. The van der Waals surface area contributed by atoms with Gasteiger partial charge in [-0.1, -0.05) is 12.1 Å². The second kappa shape index (κ2) is 6.09. The first kappa shape index (κ1) is 20.0. The van der Waals surface area contributed by atoms with Crippen molar-refractivity contribution in [2.45, 2.75) is 38.2 Å². The maximum absolute atomic E-state index is 15.1. The minimum atomic E-state index is -3.89. The van der Waals surface area contributed by atoms with E-state index in [2.05, 4.69) is 9.71 Å². The van der Waals surface area contributed by atoms with Crippen molar-refractivity contribution in [3.05, 3.63) is 41.2 Å². The maximum Gasteiger partial charge on any atom is 0.325 e. The Morgan fingerprint density at radius 3 is 2.62 bits per heavy atom. The second-order valence-corrected chi connectivity index (χ2v) is 9.73. The van der Waals surface area contributed by atoms with Gasteiger partial charge in [-0.25, -0.2) is 22.5 Å². The number of aromatic nitrogens is 1. The van der Waals surface area contributed by atoms with Gasteiger partial charge in [0.15, 0.2) is 5.82 Å². The number of nitrogens with one attached hydrogen (secondary N) is 1. The highest BCUT2D eigenvalue weighted by molar-refractivity contribution is 7.94. The standard InChI is InChI=1S/C19H20F3N3O3S/c1-18(2,26)13-6-4-5-12(15(13)20)14-8-10(7-11-9-19(11,21)22)16-17(23-14)25(3)29(27,28)24-16/h4-6,8,11,24,26H,7,9H2,1-3H3. The molecule has 1 aliphatic carbocycles. The molecule has 0 spiro atoms. The van der Waals surface area contributed by atoms with Crippen molar-refractivity contribution < 1.29 is 26.7 Å². The second-order valence-electron chi connectivity index (χ2n) is 8.03. The number of hydrogen-bond acceptors (Lipinski definition) is 4. The number of rotatable bonds is 4. The monoisotopic (exact) mass is 427 g/mol. The van der Waals surface area contributed by atoms with Crippen LogP contribution in [-0.2, 0) is 22.2 Å². The summed E-state index contributed by atoms with van der Waals surface area (Å²) in [6.07, 6.45) is -0.335. The highest BCUT2D eigenvalue weighted by Crippen LogP contribution is 2.52. The average molecular weight is 427 g/mol. The molecule has 4 rings (SSSR count). The summed E-state index contributed by atoms with van der Waals surface area (Å²) < 4.78 is 69.8. The molecule has 156 valence electrons. The Morgan fingerprint density at radius 2 is 2.03 bits per heavy atom. The van der Waals surface area contributed by atoms with Crippen LogP contribution in [0.25, 0.3) is 11.3 Å². The van der Waals surface area contributed by atoms with Gasteiger partial charge in [0, 0.05) is 30.5 Å². The van der Waals surface area contributed by atoms with Crippen molar-refractivity contribution in [1.82, 2.24) is 4.98 Å². The van der Waals surface area contributed by atoms with Crippen molar-refractivity contribution in [2.24, 2.45) is 5.92 Å². The third kappa shape index (κ3) is 3.33. The first-order chi connectivity index (χ1) is 13.3. The topological polar surface area (TPSA) is 82.5 Å². The van der Waals surface area contributed by atoms with E-state index in [9.17, 15) is 22.3 Å². The van der Waals surface area contributed by atoms with Gasteiger partial charge in [0.25, 0.3) is 5.92 Å². The molecule has 29 heavy (non-hydrogen) atoms. The van der Waals surface area contributed by atoms with Crippen LogP contribution >= 0.6 is 0 Å². The first-order valence-electron chi connectivity index (χ1n) is 9.01. The van der Waals surface area contributed by atoms with E-state index in [0.717, 1.165) is 4.31 Å². The highest BCUT2D eigenvalue weighted by Gasteiger charge is 2.56. The van der Waals surface area contributed by atoms with E-state index in [0.29, 0.717) is 5.56 Å². The molecule has 1 fully saturated rings. The SMILES string of the molecule is CN1c2nc(-c3cccc(C(C)(C)O)c3F)cc(CC3CC3(F)F)c2NS1(=O)=O. The molecule has 2 N–H and O–H groups in total. The zero-order valence-electron chi connectivity index (χ0n) is 16.0. The molecule has 0 radical (unpaired) electrons. The fourth-order valence-electron chi connectivity index (χ4n) is 3.49. The van der Waals surface area contributed by atoms with Crippen LogP contribution < -0.4 is 9.03 Å². The van der Waals surface area contributed by atoms with Gasteiger partial charge in [-0.15, -0.1) is 0 Å². The van der Waals surface area contributed by atoms with Crippen LogP contribution in [0.1, 0.15) is 31.4 Å². The van der Waals surface area contributed by atoms with E-state index in [-0.39, 0.29) is 41.2 Å². The van der Waals surface area contributed by atoms with Crippen LogP contribution in [0.5, 0.6) is 0 Å². The molecule has 0 saturated heterocycles. The van der Waals surface area contributed by atoms with E-state index in [1.807, 2.05) is 0 Å². The summed E-state index contributed by atoms with van der Waals surface area (Å²) in [6.45, 7) is 2.88. The minimum absolute atomic E-state index is 0.0227. The summed E-state index contributed by atoms with van der Waals surface area (Å²) in [5.74, 6) is -4.36. The molecular weight excluding hydrogens is 407 g/mol. The van der Waals surface area contributed by atoms with Crippen LogP contribution in [0.3, 0.4) is 0 Å². The summed E-state index contributed by atoms with van der Waals surface area (Å²) in [6, 6.07) is 5.87. The molecule has 2 heterocycles. The van der Waals surface area contributed by atoms with Gasteiger partial charge in [0.05, 0.1) is 17.0 Å². The lowest BCUT2D eigenvalue weighted by Crippen LogP contribution is -2.25. The number of benzene rings is 1. The Bertz CT molecular complexity index is 1110. The largest absolute Gasteiger partial charge is 0.386 e. The molecule has 10 heteroatoms. The lowest BCUT2D eigenvalue weighted by atomic mass is 9.94. The zero-order valence-corrected chi connectivity index (χ0v) is 16.8. The number of halogens is 3. The Labute approximate surface area is 166 Å². The van der Waals surface area contributed by atoms with Gasteiger partial charge in [0.1, 0.15) is 5.82 Å². The van der Waals surface area contributed by atoms with Crippen LogP contribution in [0.4, 0.5) is 24.7 Å². The van der Waals surface area contributed by atoms with Crippen LogP contribution in [0.15, 0.2) is 24.3 Å². The lowest BCUT2D eigenvalue weighted by molar-refractivity contribution is 0.0746. The average Bonchev–Trinajstić information content (AvgIpc) is 3.12. The summed E-state index contributed by atoms with van der Waals surface area (Å²) in [5, 5.41) is 10.2. The van der Waals surface area contributed by atoms with Gasteiger partial charge in [-0.2, -0.15) is 8.42 Å². The van der Waals surface area contributed by atoms with Crippen LogP contribution in [0, 0.1) is 11.7 Å². The number of hydrogen-bond donors (Lipinski definition) is 2. The third-order valence-electron chi connectivity index (χ3n) is 5.33. The smallest absolute Gasteiger partial charge is 0.325 e. The molecule has 1 unspecified atom stereocenters. The molecule has 2 aliphatic rings. The predicted octanol–water partition coefficient (Wildman–Crippen LogP) is 3.42. The summed E-state index contributed by atoms with van der Waals surface area (Å²) >= 11 is 0. The Morgan fingerprint density at radius 1 is 1.38 bits per heavy atom. The van der Waals surface area contributed by atoms with E-state index < -0.39 is 33.5 Å². The Balaban J connectivity index is 1.88. The predicted molar refractivity (Wildman–Crippen MR) is 103 cm³/mol. The minimum Gasteiger partial charge on any atom is -0.386 e. The van der Waals surface area contributed by atoms with Crippen LogP contribution in [0.2, 0.25) is 0 Å². The molecule has 0 bridgehead atoms. The maximum atomic E-state index is 15.1. The number of aliphatic hydroxyl groups is 1. The van der Waals surface area contributed by atoms with Gasteiger partial charge < -0.3 is 5.11 Å². The van der Waals surface area contributed by atoms with Gasteiger partial charge in [-0.3, -0.25) is 4.72 Å². The number of pyridine rings is 1. The highest BCUT2D eigenvalue weighted by atomic mass is 32.2. The van der Waals surface area contributed by atoms with Crippen molar-refractivity contribution in [1.29, 1.82) is 0 Å². The number of fused-ring (bicyclic) bond motifs is 1. The molecule has 1 aliphatic heterocycles. The normalized spacial score (nSPS) is 21.6. The fraction of sp³-hybridized carbons (Fsp3) is 0.421. The summed E-state index contributed by atoms with van der Waals surface area (Å²) in [5.41, 5.74) is -0.777. The third-order valence-corrected chi connectivity index (χ3v) is 6.68. The van der Waals surface area contributed by atoms with Crippen LogP contribution in [-0.4, -0.2) is 31.5 Å². The van der Waals surface area contributed by atoms with Crippen molar-refractivity contribution in [3.8, 4) is 11.3 Å². The van der Waals surface area contributed by atoms with E-state index in [1.54, 1.807) is 6.07 Å². The number of nitrogens with zero attached hydrogens (tertiary/aromatic N) is 2. The summed E-state index contributed by atoms with van der Waals surface area (Å²) in [4.78, 5) is 4.28. The number of alkyl halides is 2. The van der Waals surface area contributed by atoms with E-state index >= 15 is 4.39 Å². The zero-order chi connectivity index (χ0) is 21.4. The van der Waals surface area contributed by atoms with E-state index in [1.165, 1.54) is 39.1 Å². The first-order valence-corrected chi connectivity index (χ1v) is 10.5. The molecule has 2 aromatic rings. The summed E-state index contributed by atoms with van der Waals surface area (Å²) in [7, 11) is -2.61. The quantitative estimate of drug-likeness (QED) is 0.783. The Kier molecular flexibility index (Phi) is 4.19. The van der Waals surface area contributed by atoms with Gasteiger partial charge in [-0.05, 0) is 38.0 Å². The molecule has 1 aromatic heterocycles.